The molecule has 4 atom stereocenters. The number of nitrogens with one attached hydrogen (secondary N) is 1. The molecule has 1 saturated carbocycles. The summed E-state index contributed by atoms with van der Waals surface area (Å²) in [5, 5.41) is 2.35. The quantitative estimate of drug-likeness (QED) is 0.807. The van der Waals surface area contributed by atoms with Crippen LogP contribution in [0.25, 0.3) is 0 Å². The Balaban J connectivity index is 2.22. The van der Waals surface area contributed by atoms with Crippen LogP contribution in [0.1, 0.15) is 52.9 Å². The number of urea groups is 1. The molecule has 4 amide bonds. The van der Waals surface area contributed by atoms with Gasteiger partial charge in [0.2, 0.25) is 11.8 Å². The summed E-state index contributed by atoms with van der Waals surface area (Å²) in [5.74, 6) is -0.645. The molecule has 0 radical (unpaired) electrons. The highest BCUT2D eigenvalue weighted by molar-refractivity contribution is 6.16. The third kappa shape index (κ3) is 2.58. The van der Waals surface area contributed by atoms with Gasteiger partial charge in [0.25, 0.3) is 0 Å². The number of barbiturate groups is 1. The third-order valence-electron chi connectivity index (χ3n) is 4.87. The molecule has 5 heteroatoms. The molecule has 0 aromatic rings. The van der Waals surface area contributed by atoms with E-state index in [0.717, 1.165) is 25.7 Å². The average Bonchev–Trinajstić information content (AvgIpc) is 2.39. The maximum absolute atomic E-state index is 12.5. The van der Waals surface area contributed by atoms with Crippen molar-refractivity contribution in [2.75, 3.05) is 0 Å². The molecule has 2 rings (SSSR count). The van der Waals surface area contributed by atoms with Crippen LogP contribution in [-0.4, -0.2) is 28.8 Å². The van der Waals surface area contributed by atoms with E-state index in [9.17, 15) is 14.4 Å². The number of carbonyl (C=O) groups is 3. The van der Waals surface area contributed by atoms with E-state index in [1.807, 2.05) is 6.92 Å². The van der Waals surface area contributed by atoms with Gasteiger partial charge in [0.05, 0.1) is 0 Å². The zero-order valence-corrected chi connectivity index (χ0v) is 12.5. The monoisotopic (exact) mass is 280 g/mol. The Morgan fingerprint density at radius 2 is 1.90 bits per heavy atom. The fraction of sp³-hybridized carbons (Fsp3) is 0.800. The Hall–Kier alpha value is -1.39. The normalized spacial score (nSPS) is 35.1. The molecule has 0 spiro atoms. The van der Waals surface area contributed by atoms with Gasteiger partial charge in [0.1, 0.15) is 5.92 Å². The van der Waals surface area contributed by atoms with Crippen LogP contribution in [0.15, 0.2) is 0 Å². The first kappa shape index (κ1) is 15.0. The highest BCUT2D eigenvalue weighted by Gasteiger charge is 2.45. The van der Waals surface area contributed by atoms with Gasteiger partial charge in [-0.05, 0) is 24.7 Å². The third-order valence-corrected chi connectivity index (χ3v) is 4.87. The number of nitrogens with zero attached hydrogens (tertiary/aromatic N) is 1. The van der Waals surface area contributed by atoms with Crippen molar-refractivity contribution in [3.05, 3.63) is 0 Å². The molecule has 112 valence electrons. The Labute approximate surface area is 120 Å². The SMILES string of the molecule is CCCC1C(=O)NC(=O)N(C2CCCC(C)C2C)C1=O. The lowest BCUT2D eigenvalue weighted by atomic mass is 9.77. The van der Waals surface area contributed by atoms with E-state index < -0.39 is 17.9 Å². The molecule has 1 N–H and O–H groups in total. The first-order chi connectivity index (χ1) is 9.47. The maximum atomic E-state index is 12.5. The van der Waals surface area contributed by atoms with Gasteiger partial charge in [-0.1, -0.05) is 40.0 Å². The van der Waals surface area contributed by atoms with Crippen LogP contribution in [0.4, 0.5) is 4.79 Å². The molecule has 2 fully saturated rings. The fourth-order valence-electron chi connectivity index (χ4n) is 3.41. The van der Waals surface area contributed by atoms with Crippen LogP contribution in [0, 0.1) is 17.8 Å². The fourth-order valence-corrected chi connectivity index (χ4v) is 3.41. The summed E-state index contributed by atoms with van der Waals surface area (Å²) >= 11 is 0. The smallest absolute Gasteiger partial charge is 0.277 e. The van der Waals surface area contributed by atoms with Crippen molar-refractivity contribution >= 4 is 17.8 Å². The van der Waals surface area contributed by atoms with Gasteiger partial charge in [-0.15, -0.1) is 0 Å². The van der Waals surface area contributed by atoms with Crippen LogP contribution in [-0.2, 0) is 9.59 Å². The molecule has 1 aliphatic carbocycles. The molecule has 4 unspecified atom stereocenters. The predicted molar refractivity (Wildman–Crippen MR) is 74.7 cm³/mol. The standard InChI is InChI=1S/C15H24N2O3/c1-4-6-11-13(18)16-15(20)17(14(11)19)12-8-5-7-9(2)10(12)3/h9-12H,4-8H2,1-3H3,(H,16,18,20). The van der Waals surface area contributed by atoms with Crippen LogP contribution >= 0.6 is 0 Å². The Kier molecular flexibility index (Phi) is 4.45. The van der Waals surface area contributed by atoms with Gasteiger partial charge >= 0.3 is 6.03 Å². The van der Waals surface area contributed by atoms with E-state index in [4.69, 9.17) is 0 Å². The summed E-state index contributed by atoms with van der Waals surface area (Å²) in [7, 11) is 0. The van der Waals surface area contributed by atoms with Crippen molar-refractivity contribution in [3.63, 3.8) is 0 Å². The minimum atomic E-state index is -0.692. The van der Waals surface area contributed by atoms with Crippen molar-refractivity contribution in [1.29, 1.82) is 0 Å². The molecule has 0 aromatic carbocycles. The van der Waals surface area contributed by atoms with Crippen LogP contribution < -0.4 is 5.32 Å². The van der Waals surface area contributed by atoms with E-state index in [0.29, 0.717) is 12.3 Å². The van der Waals surface area contributed by atoms with E-state index >= 15 is 0 Å². The highest BCUT2D eigenvalue weighted by atomic mass is 16.2. The van der Waals surface area contributed by atoms with E-state index in [1.54, 1.807) is 0 Å². The van der Waals surface area contributed by atoms with Gasteiger partial charge < -0.3 is 0 Å². The number of rotatable bonds is 3. The molecule has 0 bridgehead atoms. The second-order valence-corrected chi connectivity index (χ2v) is 6.18. The van der Waals surface area contributed by atoms with Crippen LogP contribution in [0.5, 0.6) is 0 Å². The second kappa shape index (κ2) is 5.94. The first-order valence-electron chi connectivity index (χ1n) is 7.65. The topological polar surface area (TPSA) is 66.5 Å². The van der Waals surface area contributed by atoms with E-state index in [1.165, 1.54) is 4.90 Å². The zero-order valence-electron chi connectivity index (χ0n) is 12.5. The lowest BCUT2D eigenvalue weighted by molar-refractivity contribution is -0.145. The van der Waals surface area contributed by atoms with Crippen molar-refractivity contribution in [1.82, 2.24) is 10.2 Å². The molecule has 0 aromatic heterocycles. The molecule has 5 nitrogen and oxygen atoms in total. The number of imide groups is 2. The molecular weight excluding hydrogens is 256 g/mol. The van der Waals surface area contributed by atoms with Gasteiger partial charge in [-0.2, -0.15) is 0 Å². The zero-order chi connectivity index (χ0) is 14.9. The Morgan fingerprint density at radius 1 is 1.20 bits per heavy atom. The van der Waals surface area contributed by atoms with Gasteiger partial charge in [0.15, 0.2) is 0 Å². The summed E-state index contributed by atoms with van der Waals surface area (Å²) in [6, 6.07) is -0.600. The van der Waals surface area contributed by atoms with Crippen molar-refractivity contribution in [2.45, 2.75) is 58.9 Å². The number of hydrogen-bond donors (Lipinski definition) is 1. The van der Waals surface area contributed by atoms with Crippen LogP contribution in [0.2, 0.25) is 0 Å². The molecule has 1 heterocycles. The van der Waals surface area contributed by atoms with Crippen LogP contribution in [0.3, 0.4) is 0 Å². The first-order valence-corrected chi connectivity index (χ1v) is 7.65. The maximum Gasteiger partial charge on any atom is 0.331 e. The van der Waals surface area contributed by atoms with Gasteiger partial charge in [-0.3, -0.25) is 19.8 Å². The second-order valence-electron chi connectivity index (χ2n) is 6.18. The number of amides is 4. The van der Waals surface area contributed by atoms with Gasteiger partial charge in [-0.25, -0.2) is 4.79 Å². The Morgan fingerprint density at radius 3 is 2.55 bits per heavy atom. The molecule has 2 aliphatic rings. The average molecular weight is 280 g/mol. The number of hydrogen-bond acceptors (Lipinski definition) is 3. The summed E-state index contributed by atoms with van der Waals surface area (Å²) in [5.41, 5.74) is 0. The number of carbonyl (C=O) groups excluding carboxylic acids is 3. The largest absolute Gasteiger partial charge is 0.331 e. The van der Waals surface area contributed by atoms with Gasteiger partial charge in [0, 0.05) is 6.04 Å². The van der Waals surface area contributed by atoms with Crippen molar-refractivity contribution in [2.24, 2.45) is 17.8 Å². The van der Waals surface area contributed by atoms with Crippen molar-refractivity contribution in [3.8, 4) is 0 Å². The molecule has 1 saturated heterocycles. The summed E-state index contributed by atoms with van der Waals surface area (Å²) in [6.07, 6.45) is 4.27. The Bertz CT molecular complexity index is 421. The molecule has 20 heavy (non-hydrogen) atoms. The summed E-state index contributed by atoms with van der Waals surface area (Å²) < 4.78 is 0. The lowest BCUT2D eigenvalue weighted by Gasteiger charge is -2.42. The van der Waals surface area contributed by atoms with E-state index in [2.05, 4.69) is 19.2 Å². The minimum absolute atomic E-state index is 0.0706. The van der Waals surface area contributed by atoms with Crippen molar-refractivity contribution < 1.29 is 14.4 Å². The lowest BCUT2D eigenvalue weighted by Crippen LogP contribution is -2.62. The van der Waals surface area contributed by atoms with E-state index in [-0.39, 0.29) is 17.9 Å². The summed E-state index contributed by atoms with van der Waals surface area (Å²) in [4.78, 5) is 37.8. The highest BCUT2D eigenvalue weighted by Crippen LogP contribution is 2.34. The minimum Gasteiger partial charge on any atom is -0.277 e. The summed E-state index contributed by atoms with van der Waals surface area (Å²) in [6.45, 7) is 6.20. The molecule has 1 aliphatic heterocycles. The predicted octanol–water partition coefficient (Wildman–Crippen LogP) is 2.31. The molecular formula is C15H24N2O3.